The van der Waals surface area contributed by atoms with Crippen LogP contribution in [-0.2, 0) is 35.6 Å². The first-order valence-corrected chi connectivity index (χ1v) is 15.8. The first-order chi connectivity index (χ1) is 17.8. The van der Waals surface area contributed by atoms with E-state index in [1.165, 1.54) is 33.4 Å². The monoisotopic (exact) mass is 541 g/mol. The zero-order valence-corrected chi connectivity index (χ0v) is 23.5. The van der Waals surface area contributed by atoms with Crippen LogP contribution in [0.4, 0.5) is 0 Å². The van der Waals surface area contributed by atoms with Crippen LogP contribution in [0.25, 0.3) is 16.7 Å². The van der Waals surface area contributed by atoms with Crippen LogP contribution in [0, 0.1) is 0 Å². The van der Waals surface area contributed by atoms with E-state index in [1.807, 2.05) is 0 Å². The average molecular weight is 543 g/mol. The number of benzene rings is 4. The molecule has 0 N–H and O–H groups in total. The molecule has 0 nitrogen and oxygen atoms in total. The fourth-order valence-corrected chi connectivity index (χ4v) is 10.4. The van der Waals surface area contributed by atoms with Crippen LogP contribution in [0.15, 0.2) is 109 Å². The Labute approximate surface area is 226 Å². The minimum atomic E-state index is -1.13. The molecule has 1 heteroatoms. The normalized spacial score (nSPS) is 15.3. The standard InChI is InChI=1S/C22H21.C13H10.Zr/c1-3-15-13-16(4-2)22-19-12-8-7-11-18(19)14-20(22)21(15)17-9-5-6-10-17;1-3-7-12(8-4-1)11-13-9-5-2-6-10-13;/h5-9,11-14H,3-4,10H2,1-2H3;1-10H;. The van der Waals surface area contributed by atoms with Crippen molar-refractivity contribution in [1.82, 2.24) is 0 Å². The summed E-state index contributed by atoms with van der Waals surface area (Å²) in [6.45, 7) is 4.66. The number of hydrogen-bond acceptors (Lipinski definition) is 0. The summed E-state index contributed by atoms with van der Waals surface area (Å²) in [5, 5.41) is 0. The fourth-order valence-electron chi connectivity index (χ4n) is 5.97. The molecule has 0 fully saturated rings. The van der Waals surface area contributed by atoms with Crippen molar-refractivity contribution in [2.75, 3.05) is 0 Å². The summed E-state index contributed by atoms with van der Waals surface area (Å²) in [6.07, 6.45) is 10.1. The van der Waals surface area contributed by atoms with E-state index in [0.717, 1.165) is 19.3 Å². The molecular formula is C35H31Zr. The number of hydrogen-bond donors (Lipinski definition) is 0. The fraction of sp³-hybridized carbons (Fsp3) is 0.171. The molecule has 175 valence electrons. The van der Waals surface area contributed by atoms with Gasteiger partial charge in [0.05, 0.1) is 0 Å². The Kier molecular flexibility index (Phi) is 6.68. The number of allylic oxidation sites excluding steroid dienone is 4. The predicted molar refractivity (Wildman–Crippen MR) is 150 cm³/mol. The van der Waals surface area contributed by atoms with E-state index in [4.69, 9.17) is 0 Å². The van der Waals surface area contributed by atoms with Gasteiger partial charge in [0.15, 0.2) is 0 Å². The molecule has 2 aliphatic carbocycles. The van der Waals surface area contributed by atoms with Crippen molar-refractivity contribution in [2.24, 2.45) is 0 Å². The first-order valence-electron chi connectivity index (χ1n) is 13.2. The van der Waals surface area contributed by atoms with Gasteiger partial charge in [-0.05, 0) is 0 Å². The zero-order valence-electron chi connectivity index (χ0n) is 21.1. The van der Waals surface area contributed by atoms with Gasteiger partial charge in [-0.1, -0.05) is 0 Å². The molecule has 0 saturated carbocycles. The van der Waals surface area contributed by atoms with Crippen LogP contribution >= 0.6 is 0 Å². The molecule has 0 aliphatic heterocycles. The molecule has 0 heterocycles. The van der Waals surface area contributed by atoms with Gasteiger partial charge in [0, 0.05) is 0 Å². The Hall–Kier alpha value is -2.89. The molecule has 0 aromatic heterocycles. The van der Waals surface area contributed by atoms with Gasteiger partial charge in [-0.25, -0.2) is 0 Å². The Morgan fingerprint density at radius 1 is 0.750 bits per heavy atom. The molecule has 36 heavy (non-hydrogen) atoms. The summed E-state index contributed by atoms with van der Waals surface area (Å²) in [5.41, 5.74) is 15.1. The van der Waals surface area contributed by atoms with Crippen LogP contribution < -0.4 is 0 Å². The van der Waals surface area contributed by atoms with Gasteiger partial charge in [0.2, 0.25) is 0 Å². The second-order valence-corrected chi connectivity index (χ2v) is 13.0. The van der Waals surface area contributed by atoms with Crippen LogP contribution in [-0.4, -0.2) is 3.21 Å². The second kappa shape index (κ2) is 10.2. The summed E-state index contributed by atoms with van der Waals surface area (Å²) >= 11 is -1.13. The molecule has 0 saturated heterocycles. The van der Waals surface area contributed by atoms with E-state index in [2.05, 4.69) is 123 Å². The number of rotatable bonds is 6. The third-order valence-electron chi connectivity index (χ3n) is 7.63. The summed E-state index contributed by atoms with van der Waals surface area (Å²) in [6, 6.07) is 34.1. The molecule has 2 aliphatic rings. The van der Waals surface area contributed by atoms with Gasteiger partial charge in [-0.3, -0.25) is 0 Å². The van der Waals surface area contributed by atoms with Crippen molar-refractivity contribution < 1.29 is 22.8 Å². The summed E-state index contributed by atoms with van der Waals surface area (Å²) < 4.78 is 2.10. The van der Waals surface area contributed by atoms with Crippen molar-refractivity contribution in [3.05, 3.63) is 148 Å². The molecule has 0 amide bonds. The van der Waals surface area contributed by atoms with E-state index >= 15 is 0 Å². The Balaban J connectivity index is 1.68. The van der Waals surface area contributed by atoms with Crippen molar-refractivity contribution in [1.29, 1.82) is 0 Å². The van der Waals surface area contributed by atoms with Crippen molar-refractivity contribution >= 4 is 8.78 Å². The quantitative estimate of drug-likeness (QED) is 0.229. The van der Waals surface area contributed by atoms with Crippen LogP contribution in [0.1, 0.15) is 62.8 Å². The average Bonchev–Trinajstić information content (AvgIpc) is 3.59. The maximum atomic E-state index is 2.52. The molecule has 1 atom stereocenters. The van der Waals surface area contributed by atoms with Crippen LogP contribution in [0.2, 0.25) is 0 Å². The van der Waals surface area contributed by atoms with E-state index in [0.29, 0.717) is 3.63 Å². The Morgan fingerprint density at radius 3 is 1.97 bits per heavy atom. The van der Waals surface area contributed by atoms with Crippen molar-refractivity contribution in [3.8, 4) is 11.1 Å². The molecule has 0 spiro atoms. The third kappa shape index (κ3) is 4.08. The molecule has 0 radical (unpaired) electrons. The molecular weight excluding hydrogens is 512 g/mol. The van der Waals surface area contributed by atoms with Gasteiger partial charge in [-0.15, -0.1) is 0 Å². The Morgan fingerprint density at radius 2 is 1.36 bits per heavy atom. The third-order valence-corrected chi connectivity index (χ3v) is 11.9. The Bertz CT molecular complexity index is 1460. The molecule has 0 bridgehead atoms. The van der Waals surface area contributed by atoms with Crippen LogP contribution in [0.5, 0.6) is 0 Å². The van der Waals surface area contributed by atoms with Gasteiger partial charge >= 0.3 is 228 Å². The van der Waals surface area contributed by atoms with E-state index in [1.54, 1.807) is 25.5 Å². The summed E-state index contributed by atoms with van der Waals surface area (Å²) in [7, 11) is 0. The second-order valence-electron chi connectivity index (χ2n) is 9.66. The van der Waals surface area contributed by atoms with Crippen molar-refractivity contribution in [2.45, 2.75) is 36.7 Å². The van der Waals surface area contributed by atoms with Gasteiger partial charge < -0.3 is 0 Å². The topological polar surface area (TPSA) is 0 Å². The number of fused-ring (bicyclic) bond motifs is 3. The first kappa shape index (κ1) is 23.5. The summed E-state index contributed by atoms with van der Waals surface area (Å²) in [4.78, 5) is 0. The van der Waals surface area contributed by atoms with E-state index in [-0.39, 0.29) is 0 Å². The summed E-state index contributed by atoms with van der Waals surface area (Å²) in [5.74, 6) is 0. The molecule has 1 unspecified atom stereocenters. The van der Waals surface area contributed by atoms with Gasteiger partial charge in [0.1, 0.15) is 0 Å². The molecule has 6 rings (SSSR count). The molecule has 4 aromatic rings. The predicted octanol–water partition coefficient (Wildman–Crippen LogP) is 8.58. The zero-order chi connectivity index (χ0) is 24.5. The molecule has 4 aromatic carbocycles. The van der Waals surface area contributed by atoms with Gasteiger partial charge in [0.25, 0.3) is 0 Å². The number of aryl methyl sites for hydroxylation is 2. The maximum absolute atomic E-state index is 2.52. The van der Waals surface area contributed by atoms with E-state index < -0.39 is 22.8 Å². The van der Waals surface area contributed by atoms with Crippen molar-refractivity contribution in [3.63, 3.8) is 0 Å². The SMILES string of the molecule is CCc1cc(CC)c2c(c1C1=CC=CC1)[CH]([Zr]=[C](c1ccccc1)c1ccccc1)c1ccccc1-2. The van der Waals surface area contributed by atoms with Gasteiger partial charge in [-0.2, -0.15) is 0 Å². The van der Waals surface area contributed by atoms with E-state index in [9.17, 15) is 0 Å². The minimum absolute atomic E-state index is 0.503. The van der Waals surface area contributed by atoms with Crippen LogP contribution in [0.3, 0.4) is 0 Å².